The lowest BCUT2D eigenvalue weighted by atomic mass is 10.1. The maximum absolute atomic E-state index is 5.96. The second-order valence-corrected chi connectivity index (χ2v) is 5.43. The highest BCUT2D eigenvalue weighted by Gasteiger charge is 2.12. The van der Waals surface area contributed by atoms with Crippen molar-refractivity contribution in [3.8, 4) is 0 Å². The number of aliphatic imine (C=N–C) groups is 1. The third kappa shape index (κ3) is 4.61. The summed E-state index contributed by atoms with van der Waals surface area (Å²) in [7, 11) is 0. The average molecular weight is 251 g/mol. The molecule has 0 unspecified atom stereocenters. The Hall–Kier alpha value is -1.28. The normalized spacial score (nSPS) is 12.4. The number of hydrogen-bond donors (Lipinski definition) is 1. The van der Waals surface area contributed by atoms with Gasteiger partial charge in [0.2, 0.25) is 0 Å². The summed E-state index contributed by atoms with van der Waals surface area (Å²) in [5.74, 6) is 0.619. The third-order valence-electron chi connectivity index (χ3n) is 2.10. The van der Waals surface area contributed by atoms with E-state index in [9.17, 15) is 0 Å². The molecule has 2 nitrogen and oxygen atoms in total. The van der Waals surface area contributed by atoms with Gasteiger partial charge in [-0.2, -0.15) is 0 Å². The van der Waals surface area contributed by atoms with Crippen LogP contribution in [0.25, 0.3) is 0 Å². The van der Waals surface area contributed by atoms with Crippen LogP contribution in [0.4, 0.5) is 5.69 Å². The van der Waals surface area contributed by atoms with Crippen LogP contribution in [0.15, 0.2) is 40.9 Å². The molecule has 1 aromatic carbocycles. The highest BCUT2D eigenvalue weighted by molar-refractivity contribution is 6.44. The van der Waals surface area contributed by atoms with Gasteiger partial charge in [-0.15, -0.1) is 0 Å². The molecule has 0 aliphatic rings. The van der Waals surface area contributed by atoms with E-state index in [4.69, 9.17) is 11.6 Å². The highest BCUT2D eigenvalue weighted by atomic mass is 35.5. The van der Waals surface area contributed by atoms with Gasteiger partial charge in [0.15, 0.2) is 0 Å². The number of nitrogens with zero attached hydrogens (tertiary/aromatic N) is 1. The molecule has 0 bridgehead atoms. The Bertz CT molecular complexity index is 442. The standard InChI is InChI=1S/C14H19ClN2/c1-10-8-6-7-9-12(10)16-13(11(2)15)17-14(3,4)5/h6-9H,2H2,1,3-5H3,(H,16,17). The van der Waals surface area contributed by atoms with Crippen molar-refractivity contribution in [2.45, 2.75) is 33.2 Å². The first-order valence-corrected chi connectivity index (χ1v) is 5.95. The minimum Gasteiger partial charge on any atom is -0.339 e. The minimum absolute atomic E-state index is 0.192. The number of rotatable bonds is 2. The average Bonchev–Trinajstić information content (AvgIpc) is 2.18. The first kappa shape index (κ1) is 13.8. The summed E-state index contributed by atoms with van der Waals surface area (Å²) < 4.78 is 0. The van der Waals surface area contributed by atoms with Crippen LogP contribution >= 0.6 is 11.6 Å². The first-order valence-electron chi connectivity index (χ1n) is 5.57. The maximum atomic E-state index is 5.96. The van der Waals surface area contributed by atoms with E-state index in [2.05, 4.69) is 16.9 Å². The molecule has 0 aromatic heterocycles. The Morgan fingerprint density at radius 1 is 1.29 bits per heavy atom. The lowest BCUT2D eigenvalue weighted by molar-refractivity contribution is 0.584. The van der Waals surface area contributed by atoms with E-state index in [1.54, 1.807) is 0 Å². The van der Waals surface area contributed by atoms with E-state index in [1.165, 1.54) is 0 Å². The molecular formula is C14H19ClN2. The Kier molecular flexibility index (Phi) is 4.35. The Morgan fingerprint density at radius 2 is 1.88 bits per heavy atom. The fourth-order valence-corrected chi connectivity index (χ4v) is 1.42. The number of anilines is 1. The SMILES string of the molecule is C=C(Cl)C(=NC(C)(C)C)Nc1ccccc1C. The summed E-state index contributed by atoms with van der Waals surface area (Å²) in [6.07, 6.45) is 0. The maximum Gasteiger partial charge on any atom is 0.144 e. The van der Waals surface area contributed by atoms with Crippen molar-refractivity contribution in [2.75, 3.05) is 5.32 Å². The molecule has 3 heteroatoms. The molecule has 1 rings (SSSR count). The van der Waals surface area contributed by atoms with Crippen LogP contribution in [0.2, 0.25) is 0 Å². The molecule has 0 amide bonds. The molecule has 1 aromatic rings. The molecule has 92 valence electrons. The van der Waals surface area contributed by atoms with Crippen LogP contribution in [0.3, 0.4) is 0 Å². The van der Waals surface area contributed by atoms with Gasteiger partial charge in [0.05, 0.1) is 10.6 Å². The predicted octanol–water partition coefficient (Wildman–Crippen LogP) is 4.36. The number of amidine groups is 1. The van der Waals surface area contributed by atoms with Crippen LogP contribution in [0.5, 0.6) is 0 Å². The zero-order valence-corrected chi connectivity index (χ0v) is 11.6. The quantitative estimate of drug-likeness (QED) is 0.612. The van der Waals surface area contributed by atoms with Crippen molar-refractivity contribution in [2.24, 2.45) is 4.99 Å². The number of halogens is 1. The van der Waals surface area contributed by atoms with Gasteiger partial charge in [0.25, 0.3) is 0 Å². The van der Waals surface area contributed by atoms with Gasteiger partial charge in [-0.1, -0.05) is 36.4 Å². The molecule has 0 aliphatic carbocycles. The summed E-state index contributed by atoms with van der Waals surface area (Å²) >= 11 is 5.96. The Labute approximate surface area is 108 Å². The molecule has 0 atom stereocenters. The van der Waals surface area contributed by atoms with Crippen molar-refractivity contribution in [3.63, 3.8) is 0 Å². The molecule has 17 heavy (non-hydrogen) atoms. The van der Waals surface area contributed by atoms with Crippen molar-refractivity contribution < 1.29 is 0 Å². The van der Waals surface area contributed by atoms with E-state index in [1.807, 2.05) is 52.0 Å². The lowest BCUT2D eigenvalue weighted by Crippen LogP contribution is -2.20. The van der Waals surface area contributed by atoms with Crippen LogP contribution < -0.4 is 5.32 Å². The third-order valence-corrected chi connectivity index (χ3v) is 2.28. The molecule has 1 N–H and O–H groups in total. The van der Waals surface area contributed by atoms with Crippen molar-refractivity contribution in [1.82, 2.24) is 0 Å². The fraction of sp³-hybridized carbons (Fsp3) is 0.357. The molecule has 0 heterocycles. The van der Waals surface area contributed by atoms with Gasteiger partial charge in [-0.25, -0.2) is 0 Å². The van der Waals surface area contributed by atoms with Crippen molar-refractivity contribution in [1.29, 1.82) is 0 Å². The fourth-order valence-electron chi connectivity index (χ4n) is 1.33. The van der Waals surface area contributed by atoms with Crippen molar-refractivity contribution >= 4 is 23.1 Å². The van der Waals surface area contributed by atoms with Crippen LogP contribution in [0.1, 0.15) is 26.3 Å². The molecule has 0 aliphatic heterocycles. The highest BCUT2D eigenvalue weighted by Crippen LogP contribution is 2.17. The summed E-state index contributed by atoms with van der Waals surface area (Å²) in [5.41, 5.74) is 1.95. The van der Waals surface area contributed by atoms with Gasteiger partial charge in [-0.3, -0.25) is 4.99 Å². The van der Waals surface area contributed by atoms with Gasteiger partial charge < -0.3 is 5.32 Å². The topological polar surface area (TPSA) is 24.4 Å². The van der Waals surface area contributed by atoms with E-state index in [0.29, 0.717) is 10.9 Å². The number of aryl methyl sites for hydroxylation is 1. The molecular weight excluding hydrogens is 232 g/mol. The number of para-hydroxylation sites is 1. The zero-order valence-electron chi connectivity index (χ0n) is 10.8. The molecule has 0 fully saturated rings. The second kappa shape index (κ2) is 5.37. The summed E-state index contributed by atoms with van der Waals surface area (Å²) in [5, 5.41) is 3.64. The summed E-state index contributed by atoms with van der Waals surface area (Å²) in [4.78, 5) is 4.52. The second-order valence-electron chi connectivity index (χ2n) is 4.98. The van der Waals surface area contributed by atoms with Crippen LogP contribution in [-0.4, -0.2) is 11.4 Å². The number of nitrogens with one attached hydrogen (secondary N) is 1. The van der Waals surface area contributed by atoms with E-state index in [-0.39, 0.29) is 5.54 Å². The summed E-state index contributed by atoms with van der Waals surface area (Å²) in [6.45, 7) is 11.8. The monoisotopic (exact) mass is 250 g/mol. The van der Waals surface area contributed by atoms with Gasteiger partial charge in [-0.05, 0) is 39.3 Å². The summed E-state index contributed by atoms with van der Waals surface area (Å²) in [6, 6.07) is 8.00. The largest absolute Gasteiger partial charge is 0.339 e. The number of hydrogen-bond acceptors (Lipinski definition) is 1. The molecule has 0 saturated carbocycles. The Morgan fingerprint density at radius 3 is 2.35 bits per heavy atom. The van der Waals surface area contributed by atoms with E-state index >= 15 is 0 Å². The molecule has 0 spiro atoms. The van der Waals surface area contributed by atoms with Crippen LogP contribution in [-0.2, 0) is 0 Å². The van der Waals surface area contributed by atoms with E-state index < -0.39 is 0 Å². The van der Waals surface area contributed by atoms with Crippen LogP contribution in [0, 0.1) is 6.92 Å². The molecule has 0 radical (unpaired) electrons. The van der Waals surface area contributed by atoms with Gasteiger partial charge >= 0.3 is 0 Å². The van der Waals surface area contributed by atoms with Gasteiger partial charge in [0, 0.05) is 5.69 Å². The zero-order chi connectivity index (χ0) is 13.1. The Balaban J connectivity index is 3.01. The first-order chi connectivity index (χ1) is 7.79. The predicted molar refractivity (Wildman–Crippen MR) is 77.0 cm³/mol. The lowest BCUT2D eigenvalue weighted by Gasteiger charge is -2.17. The number of benzene rings is 1. The van der Waals surface area contributed by atoms with Crippen molar-refractivity contribution in [3.05, 3.63) is 41.4 Å². The smallest absolute Gasteiger partial charge is 0.144 e. The minimum atomic E-state index is -0.192. The molecule has 0 saturated heterocycles. The van der Waals surface area contributed by atoms with E-state index in [0.717, 1.165) is 11.3 Å². The van der Waals surface area contributed by atoms with Gasteiger partial charge in [0.1, 0.15) is 5.84 Å².